The molecule has 0 saturated heterocycles. The molecule has 0 aromatic heterocycles. The molecule has 0 aliphatic carbocycles. The van der Waals surface area contributed by atoms with E-state index in [0.717, 1.165) is 12.4 Å². The van der Waals surface area contributed by atoms with Gasteiger partial charge in [-0.1, -0.05) is 43.0 Å². The Kier molecular flexibility index (Phi) is 4.48. The number of hydrogen-bond acceptors (Lipinski definition) is 2. The van der Waals surface area contributed by atoms with Crippen LogP contribution < -0.4 is 5.32 Å². The van der Waals surface area contributed by atoms with Gasteiger partial charge in [0.2, 0.25) is 0 Å². The predicted molar refractivity (Wildman–Crippen MR) is 65.2 cm³/mol. The van der Waals surface area contributed by atoms with E-state index >= 15 is 0 Å². The van der Waals surface area contributed by atoms with Gasteiger partial charge in [-0.3, -0.25) is 0 Å². The van der Waals surface area contributed by atoms with E-state index < -0.39 is 0 Å². The van der Waals surface area contributed by atoms with Crippen molar-refractivity contribution < 1.29 is 0 Å². The van der Waals surface area contributed by atoms with Crippen LogP contribution in [0.25, 0.3) is 0 Å². The second-order valence-corrected chi connectivity index (χ2v) is 3.52. The first-order chi connectivity index (χ1) is 7.24. The van der Waals surface area contributed by atoms with E-state index in [9.17, 15) is 0 Å². The molecule has 1 rings (SSSR count). The van der Waals surface area contributed by atoms with E-state index in [-0.39, 0.29) is 0 Å². The van der Waals surface area contributed by atoms with E-state index in [4.69, 9.17) is 0 Å². The molecule has 2 heteroatoms. The first kappa shape index (κ1) is 11.4. The van der Waals surface area contributed by atoms with E-state index in [1.54, 1.807) is 6.08 Å². The summed E-state index contributed by atoms with van der Waals surface area (Å²) >= 11 is 0. The zero-order valence-corrected chi connectivity index (χ0v) is 9.40. The van der Waals surface area contributed by atoms with Crippen molar-refractivity contribution in [2.45, 2.75) is 6.54 Å². The largest absolute Gasteiger partial charge is 0.368 e. The maximum absolute atomic E-state index is 3.69. The summed E-state index contributed by atoms with van der Waals surface area (Å²) in [5, 5.41) is 3.35. The van der Waals surface area contributed by atoms with Gasteiger partial charge in [0.25, 0.3) is 0 Å². The minimum Gasteiger partial charge on any atom is -0.368 e. The topological polar surface area (TPSA) is 15.3 Å². The first-order valence-corrected chi connectivity index (χ1v) is 5.02. The van der Waals surface area contributed by atoms with Crippen molar-refractivity contribution in [2.24, 2.45) is 0 Å². The lowest BCUT2D eigenvalue weighted by atomic mass is 10.2. The van der Waals surface area contributed by atoms with Crippen LogP contribution in [0.15, 0.2) is 54.9 Å². The van der Waals surface area contributed by atoms with Crippen molar-refractivity contribution in [3.63, 3.8) is 0 Å². The van der Waals surface area contributed by atoms with Crippen molar-refractivity contribution in [3.8, 4) is 0 Å². The van der Waals surface area contributed by atoms with Gasteiger partial charge in [0.1, 0.15) is 5.82 Å². The highest BCUT2D eigenvalue weighted by Gasteiger charge is 1.97. The van der Waals surface area contributed by atoms with Gasteiger partial charge < -0.3 is 10.2 Å². The zero-order chi connectivity index (χ0) is 11.1. The molecule has 1 aromatic rings. The summed E-state index contributed by atoms with van der Waals surface area (Å²) in [7, 11) is 4.01. The van der Waals surface area contributed by atoms with Crippen LogP contribution in [0, 0.1) is 0 Å². The van der Waals surface area contributed by atoms with Crippen molar-refractivity contribution in [3.05, 3.63) is 60.4 Å². The Morgan fingerprint density at radius 2 is 2.00 bits per heavy atom. The molecule has 0 amide bonds. The molecule has 15 heavy (non-hydrogen) atoms. The molecular formula is C13H18N2. The number of nitrogens with zero attached hydrogens (tertiary/aromatic N) is 1. The summed E-state index contributed by atoms with van der Waals surface area (Å²) in [5.41, 5.74) is 1.27. The summed E-state index contributed by atoms with van der Waals surface area (Å²) in [5.74, 6) is 1.06. The smallest absolute Gasteiger partial charge is 0.101 e. The molecule has 1 aromatic carbocycles. The summed E-state index contributed by atoms with van der Waals surface area (Å²) < 4.78 is 0. The van der Waals surface area contributed by atoms with E-state index in [0.29, 0.717) is 0 Å². The van der Waals surface area contributed by atoms with E-state index in [1.165, 1.54) is 5.56 Å². The van der Waals surface area contributed by atoms with Gasteiger partial charge >= 0.3 is 0 Å². The standard InChI is InChI=1S/C13H18N2/c1-4-8-13(15(2)3)14-11-12-9-6-5-7-10-12/h4-10,14H,1,11H2,2-3H3/b13-8-. The van der Waals surface area contributed by atoms with Crippen molar-refractivity contribution in [1.82, 2.24) is 10.2 Å². The molecule has 2 nitrogen and oxygen atoms in total. The van der Waals surface area contributed by atoms with Gasteiger partial charge in [-0.05, 0) is 11.6 Å². The Balaban J connectivity index is 2.55. The van der Waals surface area contributed by atoms with Gasteiger partial charge in [0.05, 0.1) is 0 Å². The maximum Gasteiger partial charge on any atom is 0.101 e. The second-order valence-electron chi connectivity index (χ2n) is 3.52. The highest BCUT2D eigenvalue weighted by molar-refractivity contribution is 5.16. The van der Waals surface area contributed by atoms with Gasteiger partial charge in [-0.2, -0.15) is 0 Å². The number of nitrogens with one attached hydrogen (secondary N) is 1. The number of rotatable bonds is 5. The Hall–Kier alpha value is -1.70. The zero-order valence-electron chi connectivity index (χ0n) is 9.40. The summed E-state index contributed by atoms with van der Waals surface area (Å²) in [6, 6.07) is 10.3. The molecule has 0 radical (unpaired) electrons. The van der Waals surface area contributed by atoms with Crippen molar-refractivity contribution in [2.75, 3.05) is 14.1 Å². The summed E-state index contributed by atoms with van der Waals surface area (Å²) in [6.07, 6.45) is 3.75. The van der Waals surface area contributed by atoms with Crippen LogP contribution in [0.1, 0.15) is 5.56 Å². The highest BCUT2D eigenvalue weighted by atomic mass is 15.2. The fourth-order valence-electron chi connectivity index (χ4n) is 1.27. The molecule has 1 N–H and O–H groups in total. The fourth-order valence-corrected chi connectivity index (χ4v) is 1.27. The molecule has 80 valence electrons. The Bertz CT molecular complexity index is 326. The van der Waals surface area contributed by atoms with Crippen LogP contribution >= 0.6 is 0 Å². The number of allylic oxidation sites excluding steroid dienone is 2. The van der Waals surface area contributed by atoms with Crippen LogP contribution in [-0.2, 0) is 6.54 Å². The van der Waals surface area contributed by atoms with Crippen LogP contribution in [0.2, 0.25) is 0 Å². The molecule has 0 atom stereocenters. The lowest BCUT2D eigenvalue weighted by Crippen LogP contribution is -2.25. The Morgan fingerprint density at radius 1 is 1.33 bits per heavy atom. The predicted octanol–water partition coefficient (Wildman–Crippen LogP) is 2.37. The third kappa shape index (κ3) is 3.90. The molecule has 0 aliphatic heterocycles. The SMILES string of the molecule is C=C/C=C(/NCc1ccccc1)N(C)C. The lowest BCUT2D eigenvalue weighted by Gasteiger charge is -2.18. The molecule has 0 bridgehead atoms. The van der Waals surface area contributed by atoms with Gasteiger partial charge in [0.15, 0.2) is 0 Å². The third-order valence-electron chi connectivity index (χ3n) is 2.07. The van der Waals surface area contributed by atoms with Crippen LogP contribution in [0.3, 0.4) is 0 Å². The average molecular weight is 202 g/mol. The minimum absolute atomic E-state index is 0.832. The molecule has 0 aliphatic rings. The van der Waals surface area contributed by atoms with E-state index in [1.807, 2.05) is 43.3 Å². The number of benzene rings is 1. The normalized spacial score (nSPS) is 10.9. The first-order valence-electron chi connectivity index (χ1n) is 5.02. The maximum atomic E-state index is 3.69. The molecule has 0 spiro atoms. The minimum atomic E-state index is 0.832. The van der Waals surface area contributed by atoms with Crippen LogP contribution in [-0.4, -0.2) is 19.0 Å². The quantitative estimate of drug-likeness (QED) is 0.737. The van der Waals surface area contributed by atoms with Gasteiger partial charge in [-0.15, -0.1) is 0 Å². The fraction of sp³-hybridized carbons (Fsp3) is 0.231. The summed E-state index contributed by atoms with van der Waals surface area (Å²) in [6.45, 7) is 4.53. The van der Waals surface area contributed by atoms with Crippen LogP contribution in [0.5, 0.6) is 0 Å². The van der Waals surface area contributed by atoms with Gasteiger partial charge in [0, 0.05) is 20.6 Å². The average Bonchev–Trinajstić information content (AvgIpc) is 2.25. The monoisotopic (exact) mass is 202 g/mol. The van der Waals surface area contributed by atoms with Crippen LogP contribution in [0.4, 0.5) is 0 Å². The lowest BCUT2D eigenvalue weighted by molar-refractivity contribution is 0.459. The summed E-state index contributed by atoms with van der Waals surface area (Å²) in [4.78, 5) is 2.03. The van der Waals surface area contributed by atoms with Gasteiger partial charge in [-0.25, -0.2) is 0 Å². The molecular weight excluding hydrogens is 184 g/mol. The Labute approximate surface area is 91.9 Å². The second kappa shape index (κ2) is 5.91. The molecule has 0 heterocycles. The number of hydrogen-bond donors (Lipinski definition) is 1. The highest BCUT2D eigenvalue weighted by Crippen LogP contribution is 2.00. The Morgan fingerprint density at radius 3 is 2.53 bits per heavy atom. The molecule has 0 unspecified atom stereocenters. The van der Waals surface area contributed by atoms with Crippen molar-refractivity contribution >= 4 is 0 Å². The van der Waals surface area contributed by atoms with Crippen molar-refractivity contribution in [1.29, 1.82) is 0 Å². The third-order valence-corrected chi connectivity index (χ3v) is 2.07. The van der Waals surface area contributed by atoms with E-state index in [2.05, 4.69) is 24.0 Å². The molecule has 0 saturated carbocycles. The molecule has 0 fully saturated rings.